The monoisotopic (exact) mass is 723 g/mol. The summed E-state index contributed by atoms with van der Waals surface area (Å²) < 4.78 is 0. The van der Waals surface area contributed by atoms with Gasteiger partial charge in [0.1, 0.15) is 0 Å². The molecule has 0 saturated carbocycles. The van der Waals surface area contributed by atoms with Crippen molar-refractivity contribution < 1.29 is 0 Å². The smallest absolute Gasteiger partial charge is 0.164 e. The normalized spacial score (nSPS) is 14.4. The van der Waals surface area contributed by atoms with Gasteiger partial charge in [0.05, 0.1) is 28.7 Å². The Balaban J connectivity index is 1.14. The van der Waals surface area contributed by atoms with Crippen molar-refractivity contribution in [3.63, 3.8) is 0 Å². The number of aromatic nitrogens is 3. The van der Waals surface area contributed by atoms with Crippen LogP contribution in [0.3, 0.4) is 0 Å². The van der Waals surface area contributed by atoms with E-state index in [-0.39, 0.29) is 0 Å². The molecule has 1 spiro atoms. The van der Waals surface area contributed by atoms with Crippen molar-refractivity contribution in [2.24, 2.45) is 0 Å². The molecule has 0 aliphatic heterocycles. The zero-order valence-electron chi connectivity index (χ0n) is 30.5. The van der Waals surface area contributed by atoms with Gasteiger partial charge in [-0.2, -0.15) is 10.5 Å². The molecule has 0 N–H and O–H groups in total. The minimum atomic E-state index is -0.735. The lowest BCUT2D eigenvalue weighted by Crippen LogP contribution is -2.26. The zero-order valence-corrected chi connectivity index (χ0v) is 30.5. The second kappa shape index (κ2) is 12.5. The van der Waals surface area contributed by atoms with E-state index in [4.69, 9.17) is 15.0 Å². The van der Waals surface area contributed by atoms with Crippen molar-refractivity contribution >= 4 is 10.8 Å². The highest BCUT2D eigenvalue weighted by atomic mass is 15.0. The summed E-state index contributed by atoms with van der Waals surface area (Å²) in [5.41, 5.74) is 14.3. The molecule has 0 fully saturated rings. The number of hydrogen-bond donors (Lipinski definition) is 0. The fourth-order valence-corrected chi connectivity index (χ4v) is 9.15. The third kappa shape index (κ3) is 4.77. The Labute approximate surface area is 329 Å². The molecule has 2 aliphatic carbocycles. The lowest BCUT2D eigenvalue weighted by atomic mass is 9.69. The molecule has 9 aromatic rings. The largest absolute Gasteiger partial charge is 0.208 e. The van der Waals surface area contributed by atoms with Crippen molar-refractivity contribution in [2.45, 2.75) is 5.41 Å². The van der Waals surface area contributed by atoms with Crippen LogP contribution in [0.2, 0.25) is 0 Å². The molecular formula is C52H29N5. The van der Waals surface area contributed by atoms with Gasteiger partial charge in [0.2, 0.25) is 0 Å². The first-order valence-corrected chi connectivity index (χ1v) is 18.9. The molecule has 0 amide bonds. The van der Waals surface area contributed by atoms with Gasteiger partial charge in [-0.15, -0.1) is 0 Å². The van der Waals surface area contributed by atoms with Gasteiger partial charge in [0.25, 0.3) is 0 Å². The van der Waals surface area contributed by atoms with Crippen molar-refractivity contribution in [3.05, 3.63) is 209 Å². The number of nitriles is 2. The predicted molar refractivity (Wildman–Crippen MR) is 225 cm³/mol. The minimum absolute atomic E-state index is 0.600. The maximum Gasteiger partial charge on any atom is 0.164 e. The molecule has 8 aromatic carbocycles. The zero-order chi connectivity index (χ0) is 38.1. The maximum atomic E-state index is 10.2. The van der Waals surface area contributed by atoms with E-state index in [9.17, 15) is 10.5 Å². The van der Waals surface area contributed by atoms with Gasteiger partial charge in [-0.3, -0.25) is 0 Å². The summed E-state index contributed by atoms with van der Waals surface area (Å²) in [6.45, 7) is 0. The standard InChI is InChI=1S/C52H29N5/c53-30-32-19-25-40-39-16-9-10-18-44(39)52(45(40)27-32)46-28-33(31-54)20-26-42(46)48-41-17-8-7-15-38(41)43(29-47(48)52)34-21-23-37(24-22-34)51-56-49(35-11-3-1-4-12-35)55-50(57-51)36-13-5-2-6-14-36/h1-29H. The molecule has 1 atom stereocenters. The molecule has 5 nitrogen and oxygen atoms in total. The molecule has 57 heavy (non-hydrogen) atoms. The summed E-state index contributed by atoms with van der Waals surface area (Å²) in [5.74, 6) is 1.84. The summed E-state index contributed by atoms with van der Waals surface area (Å²) in [7, 11) is 0. The quantitative estimate of drug-likeness (QED) is 0.180. The SMILES string of the molecule is N#Cc1ccc2c(c1)C1(c3ccccc3-2)c2cc(C#N)ccc2-c2c1cc(-c1ccc(-c3nc(-c4ccccc4)nc(-c4ccccc4)n3)cc1)c1ccccc21. The van der Waals surface area contributed by atoms with Gasteiger partial charge in [-0.05, 0) is 96.7 Å². The first-order valence-electron chi connectivity index (χ1n) is 18.9. The minimum Gasteiger partial charge on any atom is -0.208 e. The van der Waals surface area contributed by atoms with E-state index in [1.54, 1.807) is 0 Å². The molecule has 0 radical (unpaired) electrons. The summed E-state index contributed by atoms with van der Waals surface area (Å²) in [5, 5.41) is 22.6. The lowest BCUT2D eigenvalue weighted by Gasteiger charge is -2.31. The van der Waals surface area contributed by atoms with Crippen LogP contribution >= 0.6 is 0 Å². The topological polar surface area (TPSA) is 86.2 Å². The van der Waals surface area contributed by atoms with Gasteiger partial charge in [-0.1, -0.05) is 146 Å². The molecule has 1 unspecified atom stereocenters. The predicted octanol–water partition coefficient (Wildman–Crippen LogP) is 11.8. The number of rotatable bonds is 4. The number of hydrogen-bond acceptors (Lipinski definition) is 5. The molecule has 11 rings (SSSR count). The van der Waals surface area contributed by atoms with Crippen molar-refractivity contribution in [3.8, 4) is 79.7 Å². The summed E-state index contributed by atoms with van der Waals surface area (Å²) in [6, 6.07) is 65.0. The highest BCUT2D eigenvalue weighted by Gasteiger charge is 2.52. The molecular weight excluding hydrogens is 695 g/mol. The third-order valence-corrected chi connectivity index (χ3v) is 11.6. The molecule has 262 valence electrons. The van der Waals surface area contributed by atoms with E-state index in [2.05, 4.69) is 115 Å². The highest BCUT2D eigenvalue weighted by molar-refractivity contribution is 6.11. The van der Waals surface area contributed by atoms with Crippen LogP contribution in [0.1, 0.15) is 33.4 Å². The fourth-order valence-electron chi connectivity index (χ4n) is 9.15. The fraction of sp³-hybridized carbons (Fsp3) is 0.0192. The van der Waals surface area contributed by atoms with E-state index in [0.29, 0.717) is 28.6 Å². The maximum absolute atomic E-state index is 10.2. The Morgan fingerprint density at radius 2 is 0.825 bits per heavy atom. The molecule has 1 aromatic heterocycles. The van der Waals surface area contributed by atoms with Crippen LogP contribution in [0.5, 0.6) is 0 Å². The molecule has 0 bridgehead atoms. The summed E-state index contributed by atoms with van der Waals surface area (Å²) in [4.78, 5) is 14.8. The summed E-state index contributed by atoms with van der Waals surface area (Å²) in [6.07, 6.45) is 0. The molecule has 5 heteroatoms. The van der Waals surface area contributed by atoms with Gasteiger partial charge < -0.3 is 0 Å². The van der Waals surface area contributed by atoms with Crippen molar-refractivity contribution in [1.82, 2.24) is 15.0 Å². The number of fused-ring (bicyclic) bond motifs is 12. The van der Waals surface area contributed by atoms with Crippen LogP contribution in [-0.4, -0.2) is 15.0 Å². The molecule has 1 heterocycles. The van der Waals surface area contributed by atoms with Gasteiger partial charge in [-0.25, -0.2) is 15.0 Å². The van der Waals surface area contributed by atoms with Crippen LogP contribution < -0.4 is 0 Å². The third-order valence-electron chi connectivity index (χ3n) is 11.6. The Kier molecular flexibility index (Phi) is 7.13. The van der Waals surface area contributed by atoms with E-state index in [0.717, 1.165) is 83.1 Å². The van der Waals surface area contributed by atoms with Crippen LogP contribution in [0.25, 0.3) is 78.3 Å². The second-order valence-electron chi connectivity index (χ2n) is 14.5. The average molecular weight is 724 g/mol. The van der Waals surface area contributed by atoms with Crippen LogP contribution in [0.15, 0.2) is 176 Å². The van der Waals surface area contributed by atoms with Crippen molar-refractivity contribution in [1.29, 1.82) is 10.5 Å². The van der Waals surface area contributed by atoms with E-state index >= 15 is 0 Å². The van der Waals surface area contributed by atoms with Gasteiger partial charge >= 0.3 is 0 Å². The highest BCUT2D eigenvalue weighted by Crippen LogP contribution is 2.64. The Bertz CT molecular complexity index is 3140. The first-order chi connectivity index (χ1) is 28.1. The molecule has 0 saturated heterocycles. The number of benzene rings is 8. The van der Waals surface area contributed by atoms with Crippen LogP contribution in [-0.2, 0) is 5.41 Å². The van der Waals surface area contributed by atoms with Crippen LogP contribution in [0.4, 0.5) is 0 Å². The van der Waals surface area contributed by atoms with E-state index in [1.165, 1.54) is 0 Å². The first kappa shape index (κ1) is 32.4. The molecule has 2 aliphatic rings. The lowest BCUT2D eigenvalue weighted by molar-refractivity contribution is 0.794. The second-order valence-corrected chi connectivity index (χ2v) is 14.5. The number of nitrogens with zero attached hydrogens (tertiary/aromatic N) is 5. The van der Waals surface area contributed by atoms with Gasteiger partial charge in [0, 0.05) is 16.7 Å². The van der Waals surface area contributed by atoms with E-state index in [1.807, 2.05) is 72.8 Å². The average Bonchev–Trinajstić information content (AvgIpc) is 3.75. The summed E-state index contributed by atoms with van der Waals surface area (Å²) >= 11 is 0. The van der Waals surface area contributed by atoms with Gasteiger partial charge in [0.15, 0.2) is 17.5 Å². The Morgan fingerprint density at radius 3 is 1.44 bits per heavy atom. The van der Waals surface area contributed by atoms with Crippen LogP contribution in [0, 0.1) is 22.7 Å². The van der Waals surface area contributed by atoms with E-state index < -0.39 is 5.41 Å². The Morgan fingerprint density at radius 1 is 0.351 bits per heavy atom. The van der Waals surface area contributed by atoms with Crippen molar-refractivity contribution in [2.75, 3.05) is 0 Å². The Hall–Kier alpha value is -7.99.